The van der Waals surface area contributed by atoms with Gasteiger partial charge in [0.2, 0.25) is 0 Å². The fourth-order valence-electron chi connectivity index (χ4n) is 2.18. The number of rotatable bonds is 6. The van der Waals surface area contributed by atoms with Gasteiger partial charge in [0.15, 0.2) is 0 Å². The average molecular weight is 273 g/mol. The predicted octanol–water partition coefficient (Wildman–Crippen LogP) is 2.16. The molecule has 1 aromatic carbocycles. The summed E-state index contributed by atoms with van der Waals surface area (Å²) in [6.07, 6.45) is 0. The molecule has 108 valence electrons. The van der Waals surface area contributed by atoms with Crippen LogP contribution in [0.3, 0.4) is 0 Å². The van der Waals surface area contributed by atoms with Gasteiger partial charge in [-0.2, -0.15) is 0 Å². The quantitative estimate of drug-likeness (QED) is 0.847. The van der Waals surface area contributed by atoms with Crippen LogP contribution >= 0.6 is 0 Å². The van der Waals surface area contributed by atoms with Gasteiger partial charge in [-0.25, -0.2) is 4.98 Å². The fraction of sp³-hybridized carbons (Fsp3) is 0.438. The molecule has 1 heterocycles. The SMILES string of the molecule is CCNCc1cc2ccccc2nc1N(C)C(C)CO. The average Bonchev–Trinajstić information content (AvgIpc) is 2.50. The minimum atomic E-state index is 0.0454. The van der Waals surface area contributed by atoms with Crippen molar-refractivity contribution in [3.63, 3.8) is 0 Å². The maximum Gasteiger partial charge on any atom is 0.133 e. The van der Waals surface area contributed by atoms with Crippen molar-refractivity contribution in [3.05, 3.63) is 35.9 Å². The Labute approximate surface area is 120 Å². The zero-order chi connectivity index (χ0) is 14.5. The predicted molar refractivity (Wildman–Crippen MR) is 84.1 cm³/mol. The summed E-state index contributed by atoms with van der Waals surface area (Å²) < 4.78 is 0. The second-order valence-corrected chi connectivity index (χ2v) is 5.09. The smallest absolute Gasteiger partial charge is 0.133 e. The zero-order valence-corrected chi connectivity index (χ0v) is 12.4. The van der Waals surface area contributed by atoms with E-state index >= 15 is 0 Å². The van der Waals surface area contributed by atoms with Crippen LogP contribution in [-0.2, 0) is 6.54 Å². The number of nitrogens with zero attached hydrogens (tertiary/aromatic N) is 2. The van der Waals surface area contributed by atoms with Crippen molar-refractivity contribution >= 4 is 16.7 Å². The van der Waals surface area contributed by atoms with E-state index in [0.29, 0.717) is 0 Å². The Balaban J connectivity index is 2.47. The summed E-state index contributed by atoms with van der Waals surface area (Å²) in [6.45, 7) is 5.91. The number of nitrogens with one attached hydrogen (secondary N) is 1. The number of hydrogen-bond donors (Lipinski definition) is 2. The lowest BCUT2D eigenvalue weighted by atomic mass is 10.1. The van der Waals surface area contributed by atoms with Crippen molar-refractivity contribution in [1.29, 1.82) is 0 Å². The first kappa shape index (κ1) is 14.8. The molecule has 2 N–H and O–H groups in total. The van der Waals surface area contributed by atoms with Gasteiger partial charge >= 0.3 is 0 Å². The Hall–Kier alpha value is -1.65. The molecule has 1 aromatic heterocycles. The van der Waals surface area contributed by atoms with Crippen LogP contribution in [0.2, 0.25) is 0 Å². The van der Waals surface area contributed by atoms with Crippen LogP contribution in [0.15, 0.2) is 30.3 Å². The van der Waals surface area contributed by atoms with E-state index in [2.05, 4.69) is 24.4 Å². The van der Waals surface area contributed by atoms with E-state index in [1.807, 2.05) is 37.1 Å². The van der Waals surface area contributed by atoms with E-state index in [1.54, 1.807) is 0 Å². The lowest BCUT2D eigenvalue weighted by molar-refractivity contribution is 0.269. The third-order valence-corrected chi connectivity index (χ3v) is 3.60. The lowest BCUT2D eigenvalue weighted by Crippen LogP contribution is -2.33. The van der Waals surface area contributed by atoms with Crippen molar-refractivity contribution in [1.82, 2.24) is 10.3 Å². The summed E-state index contributed by atoms with van der Waals surface area (Å²) in [5.74, 6) is 0.936. The number of likely N-dealkylation sites (N-methyl/N-ethyl adjacent to an activating group) is 1. The van der Waals surface area contributed by atoms with Crippen LogP contribution < -0.4 is 10.2 Å². The molecule has 0 bridgehead atoms. The molecule has 0 aliphatic carbocycles. The molecule has 0 aliphatic heterocycles. The number of fused-ring (bicyclic) bond motifs is 1. The van der Waals surface area contributed by atoms with Crippen LogP contribution in [0.5, 0.6) is 0 Å². The van der Waals surface area contributed by atoms with Gasteiger partial charge in [0.1, 0.15) is 5.82 Å². The highest BCUT2D eigenvalue weighted by molar-refractivity contribution is 5.81. The summed E-state index contributed by atoms with van der Waals surface area (Å²) in [4.78, 5) is 6.81. The number of aliphatic hydroxyl groups excluding tert-OH is 1. The molecule has 1 unspecified atom stereocenters. The number of aromatic nitrogens is 1. The van der Waals surface area contributed by atoms with Crippen LogP contribution in [0.1, 0.15) is 19.4 Å². The van der Waals surface area contributed by atoms with Crippen molar-refractivity contribution in [2.24, 2.45) is 0 Å². The highest BCUT2D eigenvalue weighted by Crippen LogP contribution is 2.24. The molecule has 0 fully saturated rings. The van der Waals surface area contributed by atoms with E-state index < -0.39 is 0 Å². The number of anilines is 1. The molecule has 4 nitrogen and oxygen atoms in total. The molecule has 20 heavy (non-hydrogen) atoms. The standard InChI is InChI=1S/C16H23N3O/c1-4-17-10-14-9-13-7-5-6-8-15(13)18-16(14)19(3)12(2)11-20/h5-9,12,17,20H,4,10-11H2,1-3H3. The van der Waals surface area contributed by atoms with Crippen LogP contribution in [-0.4, -0.2) is 36.3 Å². The van der Waals surface area contributed by atoms with Gasteiger partial charge in [-0.3, -0.25) is 0 Å². The second kappa shape index (κ2) is 6.68. The molecule has 0 radical (unpaired) electrons. The third kappa shape index (κ3) is 3.08. The molecule has 0 saturated carbocycles. The van der Waals surface area contributed by atoms with Crippen LogP contribution in [0.25, 0.3) is 10.9 Å². The molecule has 4 heteroatoms. The van der Waals surface area contributed by atoms with Gasteiger partial charge in [-0.1, -0.05) is 25.1 Å². The first-order chi connectivity index (χ1) is 9.67. The molecular weight excluding hydrogens is 250 g/mol. The van der Waals surface area contributed by atoms with E-state index in [-0.39, 0.29) is 12.6 Å². The highest BCUT2D eigenvalue weighted by Gasteiger charge is 2.15. The number of benzene rings is 1. The molecule has 1 atom stereocenters. The Morgan fingerprint density at radius 3 is 2.80 bits per heavy atom. The van der Waals surface area contributed by atoms with Gasteiger partial charge in [0.05, 0.1) is 18.2 Å². The second-order valence-electron chi connectivity index (χ2n) is 5.09. The van der Waals surface area contributed by atoms with Gasteiger partial charge in [0, 0.05) is 24.5 Å². The first-order valence-electron chi connectivity index (χ1n) is 7.10. The van der Waals surface area contributed by atoms with E-state index in [4.69, 9.17) is 4.98 Å². The summed E-state index contributed by atoms with van der Waals surface area (Å²) in [7, 11) is 1.98. The molecule has 0 saturated heterocycles. The summed E-state index contributed by atoms with van der Waals surface area (Å²) >= 11 is 0. The van der Waals surface area contributed by atoms with Crippen LogP contribution in [0.4, 0.5) is 5.82 Å². The van der Waals surface area contributed by atoms with E-state index in [9.17, 15) is 5.11 Å². The summed E-state index contributed by atoms with van der Waals surface area (Å²) in [5, 5.41) is 13.9. The van der Waals surface area contributed by atoms with Crippen molar-refractivity contribution < 1.29 is 5.11 Å². The number of pyridine rings is 1. The Bertz CT molecular complexity index is 571. The maximum absolute atomic E-state index is 9.36. The van der Waals surface area contributed by atoms with Gasteiger partial charge in [0.25, 0.3) is 0 Å². The van der Waals surface area contributed by atoms with Crippen molar-refractivity contribution in [2.75, 3.05) is 25.1 Å². The Morgan fingerprint density at radius 1 is 1.35 bits per heavy atom. The number of aliphatic hydroxyl groups is 1. The Morgan fingerprint density at radius 2 is 2.10 bits per heavy atom. The third-order valence-electron chi connectivity index (χ3n) is 3.60. The van der Waals surface area contributed by atoms with E-state index in [0.717, 1.165) is 35.4 Å². The summed E-state index contributed by atoms with van der Waals surface area (Å²) in [6, 6.07) is 10.4. The Kier molecular flexibility index (Phi) is 4.93. The monoisotopic (exact) mass is 273 g/mol. The molecule has 2 rings (SSSR count). The van der Waals surface area contributed by atoms with E-state index in [1.165, 1.54) is 0 Å². The number of para-hydroxylation sites is 1. The zero-order valence-electron chi connectivity index (χ0n) is 12.4. The highest BCUT2D eigenvalue weighted by atomic mass is 16.3. The lowest BCUT2D eigenvalue weighted by Gasteiger charge is -2.27. The largest absolute Gasteiger partial charge is 0.394 e. The van der Waals surface area contributed by atoms with Gasteiger partial charge < -0.3 is 15.3 Å². The van der Waals surface area contributed by atoms with Crippen molar-refractivity contribution in [3.8, 4) is 0 Å². The molecule has 2 aromatic rings. The maximum atomic E-state index is 9.36. The van der Waals surface area contributed by atoms with Gasteiger partial charge in [-0.15, -0.1) is 0 Å². The van der Waals surface area contributed by atoms with Gasteiger partial charge in [-0.05, 0) is 25.6 Å². The number of hydrogen-bond acceptors (Lipinski definition) is 4. The normalized spacial score (nSPS) is 12.6. The summed E-state index contributed by atoms with van der Waals surface area (Å²) in [5.41, 5.74) is 2.15. The topological polar surface area (TPSA) is 48.4 Å². The molecular formula is C16H23N3O. The minimum Gasteiger partial charge on any atom is -0.394 e. The first-order valence-corrected chi connectivity index (χ1v) is 7.10. The molecule has 0 spiro atoms. The molecule has 0 aliphatic rings. The molecule has 0 amide bonds. The van der Waals surface area contributed by atoms with Crippen molar-refractivity contribution in [2.45, 2.75) is 26.4 Å². The fourth-order valence-corrected chi connectivity index (χ4v) is 2.18. The van der Waals surface area contributed by atoms with Crippen LogP contribution in [0, 0.1) is 0 Å². The minimum absolute atomic E-state index is 0.0454.